The van der Waals surface area contributed by atoms with Crippen molar-refractivity contribution in [3.63, 3.8) is 0 Å². The molecule has 0 unspecified atom stereocenters. The second-order valence-corrected chi connectivity index (χ2v) is 7.39. The molecule has 0 saturated carbocycles. The summed E-state index contributed by atoms with van der Waals surface area (Å²) in [7, 11) is 0. The fourth-order valence-corrected chi connectivity index (χ4v) is 3.54. The Kier molecular flexibility index (Phi) is 6.22. The minimum Gasteiger partial charge on any atom is -0.371 e. The molecule has 2 heterocycles. The summed E-state index contributed by atoms with van der Waals surface area (Å²) in [6, 6.07) is 6.77. The largest absolute Gasteiger partial charge is 0.371 e. The van der Waals surface area contributed by atoms with Gasteiger partial charge in [-0.15, -0.1) is 5.10 Å². The minimum atomic E-state index is -0.190. The van der Waals surface area contributed by atoms with Crippen LogP contribution in [0.4, 0.5) is 10.1 Å². The van der Waals surface area contributed by atoms with Crippen molar-refractivity contribution in [2.45, 2.75) is 25.8 Å². The molecule has 2 aromatic rings. The van der Waals surface area contributed by atoms with Gasteiger partial charge in [-0.1, -0.05) is 11.3 Å². The highest BCUT2D eigenvalue weighted by Gasteiger charge is 2.19. The first kappa shape index (κ1) is 18.1. The van der Waals surface area contributed by atoms with Crippen LogP contribution in [0.5, 0.6) is 0 Å². The SMILES string of the molecule is O=C(Cn1cc(I)nn1)NCCC1CCN(c2cccc(F)c2)CC1. The summed E-state index contributed by atoms with van der Waals surface area (Å²) in [5, 5.41) is 10.7. The summed E-state index contributed by atoms with van der Waals surface area (Å²) in [5.41, 5.74) is 0.953. The van der Waals surface area contributed by atoms with Crippen molar-refractivity contribution in [1.29, 1.82) is 0 Å². The molecule has 1 aliphatic heterocycles. The predicted molar refractivity (Wildman–Crippen MR) is 102 cm³/mol. The average Bonchev–Trinajstić information content (AvgIpc) is 3.00. The van der Waals surface area contributed by atoms with Gasteiger partial charge in [0.25, 0.3) is 0 Å². The van der Waals surface area contributed by atoms with Gasteiger partial charge in [-0.05, 0) is 66.0 Å². The number of carbonyl (C=O) groups is 1. The van der Waals surface area contributed by atoms with Crippen molar-refractivity contribution >= 4 is 34.2 Å². The van der Waals surface area contributed by atoms with E-state index in [9.17, 15) is 9.18 Å². The lowest BCUT2D eigenvalue weighted by Gasteiger charge is -2.33. The quantitative estimate of drug-likeness (QED) is 0.678. The van der Waals surface area contributed by atoms with Crippen molar-refractivity contribution < 1.29 is 9.18 Å². The molecule has 1 aromatic heterocycles. The number of aromatic nitrogens is 3. The van der Waals surface area contributed by atoms with E-state index in [1.165, 1.54) is 10.7 Å². The van der Waals surface area contributed by atoms with Crippen LogP contribution >= 0.6 is 22.6 Å². The molecule has 3 rings (SSSR count). The van der Waals surface area contributed by atoms with Crippen molar-refractivity contribution in [2.24, 2.45) is 5.92 Å². The van der Waals surface area contributed by atoms with Crippen molar-refractivity contribution in [3.05, 3.63) is 40.0 Å². The molecule has 0 aliphatic carbocycles. The van der Waals surface area contributed by atoms with Gasteiger partial charge in [-0.25, -0.2) is 9.07 Å². The molecule has 0 bridgehead atoms. The van der Waals surface area contributed by atoms with E-state index in [-0.39, 0.29) is 18.3 Å². The molecular weight excluding hydrogens is 436 g/mol. The third-order valence-electron chi connectivity index (χ3n) is 4.48. The van der Waals surface area contributed by atoms with Crippen molar-refractivity contribution in [1.82, 2.24) is 20.3 Å². The molecule has 1 aliphatic rings. The molecule has 1 fully saturated rings. The fourth-order valence-electron chi connectivity index (χ4n) is 3.12. The number of nitrogens with zero attached hydrogens (tertiary/aromatic N) is 4. The highest BCUT2D eigenvalue weighted by molar-refractivity contribution is 14.1. The monoisotopic (exact) mass is 457 g/mol. The normalized spacial score (nSPS) is 15.4. The predicted octanol–water partition coefficient (Wildman–Crippen LogP) is 2.44. The van der Waals surface area contributed by atoms with E-state index in [4.69, 9.17) is 0 Å². The first-order valence-electron chi connectivity index (χ1n) is 8.43. The van der Waals surface area contributed by atoms with Crippen LogP contribution in [0, 0.1) is 15.4 Å². The molecule has 8 heteroatoms. The number of piperidine rings is 1. The van der Waals surface area contributed by atoms with Crippen LogP contribution in [-0.2, 0) is 11.3 Å². The molecule has 1 N–H and O–H groups in total. The second-order valence-electron chi connectivity index (χ2n) is 6.29. The number of hydrogen-bond donors (Lipinski definition) is 1. The average molecular weight is 457 g/mol. The number of hydrogen-bond acceptors (Lipinski definition) is 4. The molecule has 0 atom stereocenters. The van der Waals surface area contributed by atoms with Gasteiger partial charge in [0, 0.05) is 25.3 Å². The molecule has 0 radical (unpaired) electrons. The summed E-state index contributed by atoms with van der Waals surface area (Å²) < 4.78 is 15.6. The van der Waals surface area contributed by atoms with E-state index >= 15 is 0 Å². The van der Waals surface area contributed by atoms with E-state index in [1.807, 2.05) is 6.07 Å². The zero-order valence-corrected chi connectivity index (χ0v) is 16.0. The Balaban J connectivity index is 1.36. The Morgan fingerprint density at radius 2 is 2.16 bits per heavy atom. The Labute approximate surface area is 159 Å². The minimum absolute atomic E-state index is 0.0431. The van der Waals surface area contributed by atoms with Gasteiger partial charge in [-0.3, -0.25) is 4.79 Å². The number of halogens is 2. The lowest BCUT2D eigenvalue weighted by Crippen LogP contribution is -2.35. The zero-order valence-electron chi connectivity index (χ0n) is 13.9. The molecule has 1 aromatic carbocycles. The Morgan fingerprint density at radius 1 is 1.36 bits per heavy atom. The maximum Gasteiger partial charge on any atom is 0.241 e. The topological polar surface area (TPSA) is 63.1 Å². The molecular formula is C17H21FIN5O. The lowest BCUT2D eigenvalue weighted by molar-refractivity contribution is -0.121. The smallest absolute Gasteiger partial charge is 0.241 e. The van der Waals surface area contributed by atoms with Crippen LogP contribution < -0.4 is 10.2 Å². The highest BCUT2D eigenvalue weighted by atomic mass is 127. The second kappa shape index (κ2) is 8.59. The van der Waals surface area contributed by atoms with Gasteiger partial charge >= 0.3 is 0 Å². The third kappa shape index (κ3) is 5.38. The van der Waals surface area contributed by atoms with Gasteiger partial charge in [0.1, 0.15) is 16.1 Å². The number of anilines is 1. The first-order chi connectivity index (χ1) is 12.1. The van der Waals surface area contributed by atoms with Crippen LogP contribution in [0.2, 0.25) is 0 Å². The van der Waals surface area contributed by atoms with Gasteiger partial charge in [0.05, 0.1) is 6.20 Å². The molecule has 1 amide bonds. The van der Waals surface area contributed by atoms with Crippen molar-refractivity contribution in [2.75, 3.05) is 24.5 Å². The molecule has 0 spiro atoms. The van der Waals surface area contributed by atoms with Crippen LogP contribution in [0.25, 0.3) is 0 Å². The molecule has 6 nitrogen and oxygen atoms in total. The molecule has 1 saturated heterocycles. The van der Waals surface area contributed by atoms with Gasteiger partial charge in [0.2, 0.25) is 5.91 Å². The summed E-state index contributed by atoms with van der Waals surface area (Å²) in [6.07, 6.45) is 4.83. The summed E-state index contributed by atoms with van der Waals surface area (Å²) in [5.74, 6) is 0.361. The lowest BCUT2D eigenvalue weighted by atomic mass is 9.93. The zero-order chi connectivity index (χ0) is 17.6. The number of benzene rings is 1. The van der Waals surface area contributed by atoms with Crippen molar-refractivity contribution in [3.8, 4) is 0 Å². The van der Waals surface area contributed by atoms with E-state index in [0.29, 0.717) is 12.5 Å². The number of amides is 1. The maximum absolute atomic E-state index is 13.3. The van der Waals surface area contributed by atoms with Gasteiger partial charge in [0.15, 0.2) is 0 Å². The van der Waals surface area contributed by atoms with Gasteiger partial charge < -0.3 is 10.2 Å². The highest BCUT2D eigenvalue weighted by Crippen LogP contribution is 2.25. The Bertz CT molecular complexity index is 715. The van der Waals surface area contributed by atoms with E-state index in [0.717, 1.165) is 41.7 Å². The van der Waals surface area contributed by atoms with Crippen LogP contribution in [-0.4, -0.2) is 40.5 Å². The standard InChI is InChI=1S/C17H21FIN5O/c18-14-2-1-3-15(10-14)23-8-5-13(6-9-23)4-7-20-17(25)12-24-11-16(19)21-22-24/h1-3,10-11,13H,4-9,12H2,(H,20,25). The summed E-state index contributed by atoms with van der Waals surface area (Å²) in [4.78, 5) is 14.1. The van der Waals surface area contributed by atoms with E-state index < -0.39 is 0 Å². The Hall–Kier alpha value is -1.71. The summed E-state index contributed by atoms with van der Waals surface area (Å²) in [6.45, 7) is 2.74. The van der Waals surface area contributed by atoms with Crippen LogP contribution in [0.1, 0.15) is 19.3 Å². The van der Waals surface area contributed by atoms with E-state index in [2.05, 4.69) is 43.1 Å². The molecule has 25 heavy (non-hydrogen) atoms. The van der Waals surface area contributed by atoms with Crippen LogP contribution in [0.15, 0.2) is 30.5 Å². The Morgan fingerprint density at radius 3 is 2.84 bits per heavy atom. The number of carbonyl (C=O) groups excluding carboxylic acids is 1. The first-order valence-corrected chi connectivity index (χ1v) is 9.51. The van der Waals surface area contributed by atoms with Gasteiger partial charge in [-0.2, -0.15) is 0 Å². The number of rotatable bonds is 6. The number of nitrogens with one attached hydrogen (secondary N) is 1. The fraction of sp³-hybridized carbons (Fsp3) is 0.471. The maximum atomic E-state index is 13.3. The van der Waals surface area contributed by atoms with E-state index in [1.54, 1.807) is 18.3 Å². The third-order valence-corrected chi connectivity index (χ3v) is 4.97. The molecule has 134 valence electrons. The van der Waals surface area contributed by atoms with Crippen LogP contribution in [0.3, 0.4) is 0 Å². The summed E-state index contributed by atoms with van der Waals surface area (Å²) >= 11 is 2.06.